The van der Waals surface area contributed by atoms with Crippen molar-refractivity contribution in [2.45, 2.75) is 31.2 Å². The summed E-state index contributed by atoms with van der Waals surface area (Å²) in [7, 11) is 0. The van der Waals surface area contributed by atoms with Gasteiger partial charge in [0.05, 0.1) is 6.54 Å². The van der Waals surface area contributed by atoms with Crippen LogP contribution in [-0.2, 0) is 6.42 Å². The molecule has 0 unspecified atom stereocenters. The Hall–Kier alpha value is -2.29. The van der Waals surface area contributed by atoms with E-state index in [2.05, 4.69) is 41.4 Å². The summed E-state index contributed by atoms with van der Waals surface area (Å²) in [5.41, 5.74) is 3.67. The van der Waals surface area contributed by atoms with Crippen LogP contribution >= 0.6 is 0 Å². The Morgan fingerprint density at radius 2 is 1.86 bits per heavy atom. The topological polar surface area (TPSA) is 41.8 Å². The molecule has 2 aromatic rings. The molecule has 2 aromatic carbocycles. The number of carbonyl (C=O) groups is 1. The number of hydrogen-bond acceptors (Lipinski definition) is 3. The van der Waals surface area contributed by atoms with E-state index in [9.17, 15) is 4.79 Å². The fourth-order valence-electron chi connectivity index (χ4n) is 3.71. The summed E-state index contributed by atoms with van der Waals surface area (Å²) < 4.78 is 0. The first-order chi connectivity index (χ1) is 10.7. The van der Waals surface area contributed by atoms with Crippen molar-refractivity contribution in [2.75, 3.05) is 6.54 Å². The number of rotatable bonds is 1. The summed E-state index contributed by atoms with van der Waals surface area (Å²) in [5.74, 6) is 0.204. The first kappa shape index (κ1) is 13.4. The molecule has 0 fully saturated rings. The van der Waals surface area contributed by atoms with Gasteiger partial charge in [0.25, 0.3) is 0 Å². The lowest BCUT2D eigenvalue weighted by molar-refractivity contribution is 0.0853. The molecule has 4 rings (SSSR count). The number of aryl methyl sites for hydroxylation is 2. The quantitative estimate of drug-likeness (QED) is 0.779. The van der Waals surface area contributed by atoms with Gasteiger partial charge in [-0.05, 0) is 30.9 Å². The Morgan fingerprint density at radius 3 is 2.68 bits per heavy atom. The van der Waals surface area contributed by atoms with Gasteiger partial charge in [-0.2, -0.15) is 10.2 Å². The van der Waals surface area contributed by atoms with E-state index in [1.807, 2.05) is 24.3 Å². The van der Waals surface area contributed by atoms with Crippen LogP contribution in [0.1, 0.15) is 39.4 Å². The van der Waals surface area contributed by atoms with Gasteiger partial charge >= 0.3 is 0 Å². The predicted molar refractivity (Wildman–Crippen MR) is 85.5 cm³/mol. The van der Waals surface area contributed by atoms with Crippen LogP contribution in [0.15, 0.2) is 58.8 Å². The Labute approximate surface area is 130 Å². The van der Waals surface area contributed by atoms with E-state index in [1.54, 1.807) is 0 Å². The van der Waals surface area contributed by atoms with Crippen molar-refractivity contribution < 1.29 is 4.79 Å². The number of Topliss-reactive ketones (excluding diaryl/α,β-unsaturated/α-hetero) is 1. The van der Waals surface area contributed by atoms with Crippen LogP contribution < -0.4 is 0 Å². The maximum atomic E-state index is 13.1. The third-order valence-electron chi connectivity index (χ3n) is 5.00. The molecular formula is C19H18N2O. The highest BCUT2D eigenvalue weighted by atomic mass is 16.1. The highest BCUT2D eigenvalue weighted by Gasteiger charge is 2.51. The van der Waals surface area contributed by atoms with Crippen LogP contribution in [-0.4, -0.2) is 17.9 Å². The minimum atomic E-state index is -0.691. The van der Waals surface area contributed by atoms with Gasteiger partial charge in [0.2, 0.25) is 0 Å². The van der Waals surface area contributed by atoms with Crippen molar-refractivity contribution in [1.82, 2.24) is 0 Å². The zero-order valence-corrected chi connectivity index (χ0v) is 12.6. The van der Waals surface area contributed by atoms with Crippen LogP contribution in [0.3, 0.4) is 0 Å². The molecule has 110 valence electrons. The smallest absolute Gasteiger partial charge is 0.193 e. The average molecular weight is 290 g/mol. The predicted octanol–water partition coefficient (Wildman–Crippen LogP) is 4.11. The molecule has 0 amide bonds. The van der Waals surface area contributed by atoms with Crippen LogP contribution in [0.5, 0.6) is 0 Å². The van der Waals surface area contributed by atoms with Crippen molar-refractivity contribution >= 4 is 5.78 Å². The monoisotopic (exact) mass is 290 g/mol. The standard InChI is InChI=1S/C19H18N2O/c1-13-6-8-15(9-7-13)17-12-20-21-19(17)11-10-14-4-2-3-5-16(14)18(19)22/h2-9,17H,10-12H2,1H3/t17-,19-/m1/s1. The lowest BCUT2D eigenvalue weighted by atomic mass is 9.68. The van der Waals surface area contributed by atoms with Gasteiger partial charge in [-0.25, -0.2) is 0 Å². The first-order valence-electron chi connectivity index (χ1n) is 7.79. The molecule has 1 aliphatic heterocycles. The van der Waals surface area contributed by atoms with Gasteiger partial charge in [-0.1, -0.05) is 54.1 Å². The van der Waals surface area contributed by atoms with Crippen molar-refractivity contribution in [1.29, 1.82) is 0 Å². The molecule has 2 atom stereocenters. The maximum absolute atomic E-state index is 13.1. The van der Waals surface area contributed by atoms with Gasteiger partial charge in [-0.3, -0.25) is 4.79 Å². The van der Waals surface area contributed by atoms with Crippen LogP contribution in [0, 0.1) is 6.92 Å². The van der Waals surface area contributed by atoms with E-state index < -0.39 is 5.54 Å². The second-order valence-corrected chi connectivity index (χ2v) is 6.30. The molecule has 2 aliphatic rings. The van der Waals surface area contributed by atoms with Crippen LogP contribution in [0.25, 0.3) is 0 Å². The first-order valence-corrected chi connectivity index (χ1v) is 7.79. The SMILES string of the molecule is Cc1ccc([C@H]2CN=N[C@]23CCc2ccccc2C3=O)cc1. The number of hydrogen-bond donors (Lipinski definition) is 0. The summed E-state index contributed by atoms with van der Waals surface area (Å²) >= 11 is 0. The molecule has 1 heterocycles. The number of fused-ring (bicyclic) bond motifs is 1. The zero-order chi connectivity index (χ0) is 15.2. The van der Waals surface area contributed by atoms with Crippen molar-refractivity contribution in [3.05, 3.63) is 70.8 Å². The molecular weight excluding hydrogens is 272 g/mol. The molecule has 0 saturated carbocycles. The Kier molecular flexibility index (Phi) is 2.96. The lowest BCUT2D eigenvalue weighted by Crippen LogP contribution is -2.44. The third kappa shape index (κ3) is 1.85. The normalized spacial score (nSPS) is 26.4. The fraction of sp³-hybridized carbons (Fsp3) is 0.316. The summed E-state index contributed by atoms with van der Waals surface area (Å²) in [6.07, 6.45) is 1.65. The number of carbonyl (C=O) groups excluding carboxylic acids is 1. The molecule has 1 spiro atoms. The van der Waals surface area contributed by atoms with E-state index in [-0.39, 0.29) is 11.7 Å². The van der Waals surface area contributed by atoms with E-state index in [0.29, 0.717) is 6.54 Å². The van der Waals surface area contributed by atoms with E-state index >= 15 is 0 Å². The molecule has 1 aliphatic carbocycles. The minimum Gasteiger partial charge on any atom is -0.291 e. The summed E-state index contributed by atoms with van der Waals surface area (Å²) in [6.45, 7) is 2.68. The number of benzene rings is 2. The lowest BCUT2D eigenvalue weighted by Gasteiger charge is -2.34. The summed E-state index contributed by atoms with van der Waals surface area (Å²) in [6, 6.07) is 16.3. The molecule has 3 nitrogen and oxygen atoms in total. The molecule has 0 N–H and O–H groups in total. The van der Waals surface area contributed by atoms with Gasteiger partial charge in [0.1, 0.15) is 0 Å². The number of nitrogens with zero attached hydrogens (tertiary/aromatic N) is 2. The highest BCUT2D eigenvalue weighted by Crippen LogP contribution is 2.45. The van der Waals surface area contributed by atoms with Crippen molar-refractivity contribution in [2.24, 2.45) is 10.2 Å². The van der Waals surface area contributed by atoms with Crippen molar-refractivity contribution in [3.63, 3.8) is 0 Å². The van der Waals surface area contributed by atoms with Gasteiger partial charge in [0.15, 0.2) is 11.3 Å². The maximum Gasteiger partial charge on any atom is 0.193 e. The van der Waals surface area contributed by atoms with Crippen LogP contribution in [0.2, 0.25) is 0 Å². The molecule has 0 bridgehead atoms. The molecule has 0 saturated heterocycles. The third-order valence-corrected chi connectivity index (χ3v) is 5.00. The Balaban J connectivity index is 1.78. The van der Waals surface area contributed by atoms with E-state index in [0.717, 1.165) is 24.0 Å². The second kappa shape index (κ2) is 4.87. The van der Waals surface area contributed by atoms with Gasteiger partial charge < -0.3 is 0 Å². The summed E-state index contributed by atoms with van der Waals surface area (Å²) in [5, 5.41) is 8.73. The molecule has 3 heteroatoms. The Bertz CT molecular complexity index is 763. The molecule has 0 aromatic heterocycles. The zero-order valence-electron chi connectivity index (χ0n) is 12.6. The van der Waals surface area contributed by atoms with Gasteiger partial charge in [0, 0.05) is 11.5 Å². The average Bonchev–Trinajstić information content (AvgIpc) is 2.97. The molecule has 22 heavy (non-hydrogen) atoms. The fourth-order valence-corrected chi connectivity index (χ4v) is 3.71. The van der Waals surface area contributed by atoms with E-state index in [4.69, 9.17) is 0 Å². The minimum absolute atomic E-state index is 0.0638. The van der Waals surface area contributed by atoms with Crippen LogP contribution in [0.4, 0.5) is 0 Å². The van der Waals surface area contributed by atoms with Crippen molar-refractivity contribution in [3.8, 4) is 0 Å². The van der Waals surface area contributed by atoms with Gasteiger partial charge in [-0.15, -0.1) is 0 Å². The highest BCUT2D eigenvalue weighted by molar-refractivity contribution is 6.06. The molecule has 0 radical (unpaired) electrons. The largest absolute Gasteiger partial charge is 0.291 e. The second-order valence-electron chi connectivity index (χ2n) is 6.30. The Morgan fingerprint density at radius 1 is 1.09 bits per heavy atom. The number of azo groups is 1. The van der Waals surface area contributed by atoms with E-state index in [1.165, 1.54) is 11.1 Å². The number of ketones is 1. The summed E-state index contributed by atoms with van der Waals surface area (Å²) in [4.78, 5) is 13.1.